The van der Waals surface area contributed by atoms with Crippen LogP contribution in [-0.4, -0.2) is 30.3 Å². The van der Waals surface area contributed by atoms with Crippen molar-refractivity contribution in [3.63, 3.8) is 0 Å². The van der Waals surface area contributed by atoms with Crippen LogP contribution in [0.1, 0.15) is 5.56 Å². The second kappa shape index (κ2) is 12.3. The molecule has 6 aromatic rings. The number of amidine groups is 1. The van der Waals surface area contributed by atoms with Crippen LogP contribution in [0.2, 0.25) is 0 Å². The van der Waals surface area contributed by atoms with Gasteiger partial charge in [-0.05, 0) is 27.7 Å². The summed E-state index contributed by atoms with van der Waals surface area (Å²) in [7, 11) is -3.07. The Hall–Kier alpha value is -5.53. The first-order valence-corrected chi connectivity index (χ1v) is 15.6. The topological polar surface area (TPSA) is 77.8 Å². The van der Waals surface area contributed by atoms with Crippen LogP contribution in [0.5, 0.6) is 0 Å². The second-order valence-electron chi connectivity index (χ2n) is 9.64. The summed E-state index contributed by atoms with van der Waals surface area (Å²) in [4.78, 5) is 0. The van der Waals surface area contributed by atoms with Crippen molar-refractivity contribution >= 4 is 36.1 Å². The maximum Gasteiger partial charge on any atom is 0.350 e. The SMILES string of the molecule is N/C(=N/N=C/c1cn(-c2ccccc2)nc1-c1ccccc1)O[Si](c1ccccc1)(c1ccccc1)c1ccccc1. The summed E-state index contributed by atoms with van der Waals surface area (Å²) in [5.41, 5.74) is 10.0. The second-order valence-corrected chi connectivity index (χ2v) is 12.9. The van der Waals surface area contributed by atoms with Crippen molar-refractivity contribution in [2.75, 3.05) is 0 Å². The number of para-hydroxylation sites is 1. The lowest BCUT2D eigenvalue weighted by Crippen LogP contribution is -2.70. The molecule has 0 aliphatic heterocycles. The first kappa shape index (κ1) is 26.7. The minimum Gasteiger partial charge on any atom is -0.504 e. The summed E-state index contributed by atoms with van der Waals surface area (Å²) < 4.78 is 8.59. The van der Waals surface area contributed by atoms with E-state index in [2.05, 4.69) is 46.6 Å². The highest BCUT2D eigenvalue weighted by Crippen LogP contribution is 2.22. The molecule has 7 heteroatoms. The van der Waals surface area contributed by atoms with Gasteiger partial charge in [-0.15, -0.1) is 0 Å². The number of hydrogen-bond acceptors (Lipinski definition) is 4. The van der Waals surface area contributed by atoms with Gasteiger partial charge in [0, 0.05) is 17.3 Å². The van der Waals surface area contributed by atoms with Crippen molar-refractivity contribution in [1.29, 1.82) is 0 Å². The standard InChI is InChI=1S/C35H29N5OSi/c36-35(38-37-26-29-27-40(30-18-8-2-9-19-30)39-34(29)28-16-6-1-7-17-28)41-42(31-20-10-3-11-21-31,32-22-12-4-13-23-32)33-24-14-5-15-25-33/h1-27H,(H2,36,38)/b37-26+. The minimum absolute atomic E-state index is 0.00816. The maximum atomic E-state index is 6.76. The summed E-state index contributed by atoms with van der Waals surface area (Å²) in [6.45, 7) is 0. The monoisotopic (exact) mass is 563 g/mol. The largest absolute Gasteiger partial charge is 0.504 e. The first-order valence-electron chi connectivity index (χ1n) is 13.7. The molecular formula is C35H29N5OSi. The predicted octanol–water partition coefficient (Wildman–Crippen LogP) is 4.87. The highest BCUT2D eigenvalue weighted by Gasteiger charge is 2.44. The van der Waals surface area contributed by atoms with Crippen LogP contribution in [0.4, 0.5) is 0 Å². The molecule has 6 nitrogen and oxygen atoms in total. The van der Waals surface area contributed by atoms with E-state index in [1.165, 1.54) is 0 Å². The molecule has 0 aliphatic rings. The lowest BCUT2D eigenvalue weighted by molar-refractivity contribution is 0.559. The molecule has 2 N–H and O–H groups in total. The summed E-state index contributed by atoms with van der Waals surface area (Å²) in [5.74, 6) is 0. The van der Waals surface area contributed by atoms with Crippen molar-refractivity contribution in [3.05, 3.63) is 163 Å². The Bertz CT molecular complexity index is 1690. The quantitative estimate of drug-likeness (QED) is 0.0944. The molecule has 42 heavy (non-hydrogen) atoms. The highest BCUT2D eigenvalue weighted by atomic mass is 28.4. The fourth-order valence-corrected chi connectivity index (χ4v) is 8.73. The van der Waals surface area contributed by atoms with Crippen molar-refractivity contribution in [2.45, 2.75) is 0 Å². The van der Waals surface area contributed by atoms with E-state index in [0.717, 1.165) is 38.1 Å². The zero-order chi connectivity index (χ0) is 28.6. The van der Waals surface area contributed by atoms with Gasteiger partial charge >= 0.3 is 8.32 Å². The molecule has 0 radical (unpaired) electrons. The van der Waals surface area contributed by atoms with Crippen LogP contribution < -0.4 is 21.3 Å². The van der Waals surface area contributed by atoms with E-state index >= 15 is 0 Å². The molecule has 0 atom stereocenters. The summed E-state index contributed by atoms with van der Waals surface area (Å²) in [6, 6.07) is 50.6. The van der Waals surface area contributed by atoms with Crippen LogP contribution in [-0.2, 0) is 4.43 Å². The summed E-state index contributed by atoms with van der Waals surface area (Å²) >= 11 is 0. The molecule has 0 saturated carbocycles. The van der Waals surface area contributed by atoms with E-state index in [1.807, 2.05) is 126 Å². The summed E-state index contributed by atoms with van der Waals surface area (Å²) in [6.07, 6.45) is 3.60. The molecule has 0 aliphatic carbocycles. The Morgan fingerprint density at radius 3 is 1.60 bits per heavy atom. The number of benzene rings is 5. The van der Waals surface area contributed by atoms with E-state index in [0.29, 0.717) is 0 Å². The molecule has 6 rings (SSSR count). The third kappa shape index (κ3) is 5.54. The van der Waals surface area contributed by atoms with Gasteiger partial charge in [0.05, 0.1) is 11.9 Å². The lowest BCUT2D eigenvalue weighted by Gasteiger charge is -2.32. The Labute approximate surface area is 246 Å². The number of nitrogens with zero attached hydrogens (tertiary/aromatic N) is 4. The molecule has 204 valence electrons. The van der Waals surface area contributed by atoms with Gasteiger partial charge in [-0.25, -0.2) is 4.68 Å². The first-order chi connectivity index (χ1) is 20.7. The van der Waals surface area contributed by atoms with Crippen molar-refractivity contribution in [3.8, 4) is 16.9 Å². The van der Waals surface area contributed by atoms with Gasteiger partial charge in [0.15, 0.2) is 0 Å². The number of hydrogen-bond donors (Lipinski definition) is 1. The average molecular weight is 564 g/mol. The summed E-state index contributed by atoms with van der Waals surface area (Å²) in [5, 5.41) is 16.7. The zero-order valence-electron chi connectivity index (χ0n) is 22.9. The van der Waals surface area contributed by atoms with E-state index in [-0.39, 0.29) is 6.02 Å². The van der Waals surface area contributed by atoms with Crippen LogP contribution >= 0.6 is 0 Å². The Morgan fingerprint density at radius 1 is 0.643 bits per heavy atom. The minimum atomic E-state index is -3.07. The maximum absolute atomic E-state index is 6.76. The fourth-order valence-electron chi connectivity index (χ4n) is 5.04. The van der Waals surface area contributed by atoms with Gasteiger partial charge in [0.1, 0.15) is 5.69 Å². The molecule has 5 aromatic carbocycles. The van der Waals surface area contributed by atoms with Crippen LogP contribution in [0.3, 0.4) is 0 Å². The predicted molar refractivity (Wildman–Crippen MR) is 173 cm³/mol. The van der Waals surface area contributed by atoms with Gasteiger partial charge in [0.25, 0.3) is 6.02 Å². The van der Waals surface area contributed by atoms with Gasteiger partial charge in [-0.1, -0.05) is 145 Å². The zero-order valence-corrected chi connectivity index (χ0v) is 23.9. The molecule has 1 heterocycles. The van der Waals surface area contributed by atoms with Gasteiger partial charge in [-0.3, -0.25) is 0 Å². The van der Waals surface area contributed by atoms with Gasteiger partial charge < -0.3 is 10.2 Å². The number of rotatable bonds is 8. The third-order valence-corrected chi connectivity index (χ3v) is 10.9. The number of nitrogens with two attached hydrogens (primary N) is 1. The van der Waals surface area contributed by atoms with Crippen molar-refractivity contribution in [1.82, 2.24) is 9.78 Å². The molecule has 0 fully saturated rings. The van der Waals surface area contributed by atoms with Crippen LogP contribution in [0, 0.1) is 0 Å². The van der Waals surface area contributed by atoms with Crippen molar-refractivity contribution in [2.24, 2.45) is 15.9 Å². The van der Waals surface area contributed by atoms with E-state index in [1.54, 1.807) is 6.21 Å². The molecule has 0 spiro atoms. The number of aromatic nitrogens is 2. The lowest BCUT2D eigenvalue weighted by atomic mass is 10.1. The Balaban J connectivity index is 1.39. The molecule has 0 bridgehead atoms. The molecular weight excluding hydrogens is 535 g/mol. The molecule has 0 unspecified atom stereocenters. The van der Waals surface area contributed by atoms with E-state index in [9.17, 15) is 0 Å². The van der Waals surface area contributed by atoms with E-state index in [4.69, 9.17) is 15.3 Å². The fraction of sp³-hybridized carbons (Fsp3) is 0. The normalized spacial score (nSPS) is 12.0. The smallest absolute Gasteiger partial charge is 0.350 e. The van der Waals surface area contributed by atoms with E-state index < -0.39 is 8.32 Å². The van der Waals surface area contributed by atoms with Crippen molar-refractivity contribution < 1.29 is 4.43 Å². The highest BCUT2D eigenvalue weighted by molar-refractivity contribution is 7.07. The average Bonchev–Trinajstić information content (AvgIpc) is 3.50. The van der Waals surface area contributed by atoms with Crippen LogP contribution in [0.15, 0.2) is 168 Å². The Morgan fingerprint density at radius 2 is 1.10 bits per heavy atom. The Kier molecular flexibility index (Phi) is 7.83. The third-order valence-electron chi connectivity index (χ3n) is 6.96. The van der Waals surface area contributed by atoms with Gasteiger partial charge in [-0.2, -0.15) is 10.2 Å². The molecule has 0 amide bonds. The van der Waals surface area contributed by atoms with Crippen LogP contribution in [0.25, 0.3) is 16.9 Å². The molecule has 0 saturated heterocycles. The van der Waals surface area contributed by atoms with Gasteiger partial charge in [0.2, 0.25) is 0 Å². The molecule has 1 aromatic heterocycles.